The highest BCUT2D eigenvalue weighted by Gasteiger charge is 2.33. The van der Waals surface area contributed by atoms with E-state index in [-0.39, 0.29) is 74.6 Å². The number of fused-ring (bicyclic) bond motifs is 1. The van der Waals surface area contributed by atoms with Crippen molar-refractivity contribution < 1.29 is 52.6 Å². The molecule has 0 bridgehead atoms. The lowest BCUT2D eigenvalue weighted by Gasteiger charge is -2.28. The number of aryl methyl sites for hydroxylation is 1. The first kappa shape index (κ1) is 47.9. The summed E-state index contributed by atoms with van der Waals surface area (Å²) in [5, 5.41) is 11.5. The topological polar surface area (TPSA) is 204 Å². The largest absolute Gasteiger partial charge is 0.378 e. The first-order chi connectivity index (χ1) is 30.0. The van der Waals surface area contributed by atoms with Crippen LogP contribution in [0.5, 0.6) is 0 Å². The number of imide groups is 1. The second kappa shape index (κ2) is 25.1. The van der Waals surface area contributed by atoms with Gasteiger partial charge in [0.05, 0.1) is 56.3 Å². The van der Waals surface area contributed by atoms with Crippen molar-refractivity contribution in [3.63, 3.8) is 0 Å². The van der Waals surface area contributed by atoms with Crippen LogP contribution in [0.15, 0.2) is 41.8 Å². The minimum Gasteiger partial charge on any atom is -0.378 e. The number of nitrogens with one attached hydrogen (secondary N) is 3. The number of carbonyl (C=O) groups excluding carboxylic acids is 7. The maximum absolute atomic E-state index is 13.6. The van der Waals surface area contributed by atoms with Crippen LogP contribution in [0.4, 0.5) is 5.69 Å². The molecule has 3 N–H and O–H groups in total. The van der Waals surface area contributed by atoms with E-state index >= 15 is 0 Å². The normalized spacial score (nSPS) is 16.4. The summed E-state index contributed by atoms with van der Waals surface area (Å²) in [4.78, 5) is 93.4. The predicted octanol–water partition coefficient (Wildman–Crippen LogP) is 4.19. The Morgan fingerprint density at radius 1 is 0.806 bits per heavy atom. The van der Waals surface area contributed by atoms with Crippen LogP contribution >= 0.6 is 11.3 Å². The predicted molar refractivity (Wildman–Crippen MR) is 231 cm³/mol. The highest BCUT2D eigenvalue weighted by atomic mass is 32.1. The summed E-state index contributed by atoms with van der Waals surface area (Å²) in [5.41, 5.74) is 3.22. The van der Waals surface area contributed by atoms with Crippen molar-refractivity contribution in [2.75, 3.05) is 64.2 Å². The summed E-state index contributed by atoms with van der Waals surface area (Å²) in [6, 6.07) is 11.6. The summed E-state index contributed by atoms with van der Waals surface area (Å²) in [6.07, 6.45) is 5.41. The lowest BCUT2D eigenvalue weighted by Crippen LogP contribution is -2.42. The summed E-state index contributed by atoms with van der Waals surface area (Å²) in [5.74, 6) is -2.21. The first-order valence-electron chi connectivity index (χ1n) is 21.6. The lowest BCUT2D eigenvalue weighted by atomic mass is 9.85. The molecule has 17 nitrogen and oxygen atoms in total. The van der Waals surface area contributed by atoms with Gasteiger partial charge in [-0.1, -0.05) is 18.6 Å². The van der Waals surface area contributed by atoms with Gasteiger partial charge in [0.15, 0.2) is 0 Å². The maximum atomic E-state index is 13.6. The van der Waals surface area contributed by atoms with E-state index in [1.165, 1.54) is 11.3 Å². The first-order valence-corrected chi connectivity index (χ1v) is 22.5. The average Bonchev–Trinajstić information content (AvgIpc) is 3.95. The maximum Gasteiger partial charge on any atom is 0.335 e. The molecule has 1 aliphatic heterocycles. The van der Waals surface area contributed by atoms with Crippen LogP contribution < -0.4 is 20.9 Å². The van der Waals surface area contributed by atoms with Crippen LogP contribution in [0, 0.1) is 12.8 Å². The molecule has 0 radical (unpaired) electrons. The molecule has 5 rings (SSSR count). The molecular weight excluding hydrogens is 821 g/mol. The van der Waals surface area contributed by atoms with Crippen molar-refractivity contribution in [1.82, 2.24) is 25.6 Å². The van der Waals surface area contributed by atoms with E-state index in [2.05, 4.69) is 16.0 Å². The number of nitrogens with zero attached hydrogens (tertiary/aromatic N) is 3. The quantitative estimate of drug-likeness (QED) is 0.0771. The number of likely N-dealkylation sites (N-methyl/N-ethyl adjacent to an activating group) is 1. The number of rotatable bonds is 26. The van der Waals surface area contributed by atoms with Crippen molar-refractivity contribution in [2.24, 2.45) is 5.92 Å². The Hall–Kier alpha value is -5.17. The fourth-order valence-corrected chi connectivity index (χ4v) is 8.23. The number of hydroxylamine groups is 2. The molecule has 0 unspecified atom stereocenters. The number of ether oxygens (including phenoxy) is 3. The number of benzene rings is 1. The summed E-state index contributed by atoms with van der Waals surface area (Å²) in [6.45, 7) is 7.06. The van der Waals surface area contributed by atoms with E-state index in [0.29, 0.717) is 95.3 Å². The van der Waals surface area contributed by atoms with Gasteiger partial charge in [0, 0.05) is 56.5 Å². The molecule has 2 aliphatic rings. The molecular formula is C44H60N6O11S. The van der Waals surface area contributed by atoms with Crippen LogP contribution in [-0.4, -0.2) is 116 Å². The van der Waals surface area contributed by atoms with Gasteiger partial charge >= 0.3 is 5.97 Å². The van der Waals surface area contributed by atoms with Crippen molar-refractivity contribution >= 4 is 68.7 Å². The van der Waals surface area contributed by atoms with Crippen LogP contribution in [0.1, 0.15) is 93.6 Å². The van der Waals surface area contributed by atoms with Crippen LogP contribution in [0.3, 0.4) is 0 Å². The smallest absolute Gasteiger partial charge is 0.335 e. The summed E-state index contributed by atoms with van der Waals surface area (Å²) < 4.78 is 18.9. The Labute approximate surface area is 366 Å². The van der Waals surface area contributed by atoms with Crippen LogP contribution in [0.2, 0.25) is 0 Å². The SMILES string of the molecule is CCN(C(=O)Cn1c(C(=O)NC2CCC(C(=O)NCCCCCC(=O)NCCOCCOCCOCCC(=O)ON3C(=O)CCC3=O)CC2)cc2sccc21)c1cccc(C)c1. The number of hydrogen-bond donors (Lipinski definition) is 3. The number of aromatic nitrogens is 1. The molecule has 1 saturated heterocycles. The van der Waals surface area contributed by atoms with Crippen molar-refractivity contribution in [2.45, 2.75) is 97.1 Å². The summed E-state index contributed by atoms with van der Waals surface area (Å²) in [7, 11) is 0. The third-order valence-corrected chi connectivity index (χ3v) is 11.6. The van der Waals surface area contributed by atoms with Crippen molar-refractivity contribution in [3.8, 4) is 0 Å². The number of unbranched alkanes of at least 4 members (excludes halogenated alkanes) is 2. The number of thiophene rings is 1. The van der Waals surface area contributed by atoms with Gasteiger partial charge in [0.25, 0.3) is 17.7 Å². The molecule has 0 spiro atoms. The number of hydrogen-bond acceptors (Lipinski definition) is 12. The standard InChI is InChI=1S/C44H60N6O11S/c1-3-48(34-9-7-8-31(2)28-34)41(54)30-49-35-18-27-62-37(35)29-36(49)44(57)47-33-13-11-32(12-14-33)43(56)46-19-6-4-5-10-38(51)45-20-22-59-24-26-60-25-23-58-21-17-42(55)61-50-39(52)15-16-40(50)53/h7-9,18,27-29,32-33H,3-6,10-17,19-26,30H2,1-2H3,(H,45,51)(H,46,56)(H,47,57). The lowest BCUT2D eigenvalue weighted by molar-refractivity contribution is -0.198. The zero-order valence-electron chi connectivity index (χ0n) is 35.8. The van der Waals surface area contributed by atoms with Gasteiger partial charge in [-0.3, -0.25) is 28.8 Å². The molecule has 338 valence electrons. The van der Waals surface area contributed by atoms with Gasteiger partial charge < -0.3 is 44.5 Å². The number of anilines is 1. The molecule has 18 heteroatoms. The molecule has 0 atom stereocenters. The summed E-state index contributed by atoms with van der Waals surface area (Å²) >= 11 is 1.54. The molecule has 6 amide bonds. The number of amides is 6. The molecule has 3 heterocycles. The van der Waals surface area contributed by atoms with E-state index in [1.807, 2.05) is 60.2 Å². The molecule has 1 aromatic carbocycles. The van der Waals surface area contributed by atoms with Gasteiger partial charge in [-0.05, 0) is 87.6 Å². The molecule has 1 saturated carbocycles. The Kier molecular flexibility index (Phi) is 19.4. The third kappa shape index (κ3) is 14.7. The minimum atomic E-state index is -0.720. The van der Waals surface area contributed by atoms with Crippen LogP contribution in [0.25, 0.3) is 10.2 Å². The Bertz CT molecular complexity index is 1980. The molecule has 2 fully saturated rings. The molecule has 1 aliphatic carbocycles. The second-order valence-electron chi connectivity index (χ2n) is 15.4. The third-order valence-electron chi connectivity index (χ3n) is 10.8. The van der Waals surface area contributed by atoms with Gasteiger partial charge in [-0.2, -0.15) is 0 Å². The van der Waals surface area contributed by atoms with E-state index in [0.717, 1.165) is 34.3 Å². The van der Waals surface area contributed by atoms with Crippen LogP contribution in [-0.2, 0) is 54.4 Å². The second-order valence-corrected chi connectivity index (χ2v) is 16.3. The Morgan fingerprint density at radius 2 is 1.52 bits per heavy atom. The molecule has 2 aromatic heterocycles. The van der Waals surface area contributed by atoms with Gasteiger partial charge in [-0.15, -0.1) is 16.4 Å². The Balaban J connectivity index is 0.853. The van der Waals surface area contributed by atoms with Crippen molar-refractivity contribution in [3.05, 3.63) is 53.0 Å². The Morgan fingerprint density at radius 3 is 2.23 bits per heavy atom. The van der Waals surface area contributed by atoms with Crippen molar-refractivity contribution in [1.29, 1.82) is 0 Å². The average molecular weight is 881 g/mol. The monoisotopic (exact) mass is 880 g/mol. The van der Waals surface area contributed by atoms with E-state index in [4.69, 9.17) is 19.0 Å². The number of carbonyl (C=O) groups is 7. The van der Waals surface area contributed by atoms with Gasteiger partial charge in [0.1, 0.15) is 12.2 Å². The highest BCUT2D eigenvalue weighted by Crippen LogP contribution is 2.28. The van der Waals surface area contributed by atoms with Gasteiger partial charge in [0.2, 0.25) is 17.7 Å². The molecule has 3 aromatic rings. The zero-order valence-corrected chi connectivity index (χ0v) is 36.6. The minimum absolute atomic E-state index is 0.0285. The van der Waals surface area contributed by atoms with E-state index in [9.17, 15) is 33.6 Å². The highest BCUT2D eigenvalue weighted by molar-refractivity contribution is 7.17. The fourth-order valence-electron chi connectivity index (χ4n) is 7.41. The van der Waals surface area contributed by atoms with Gasteiger partial charge in [-0.25, -0.2) is 4.79 Å². The van der Waals surface area contributed by atoms with E-state index in [1.54, 1.807) is 4.90 Å². The zero-order chi connectivity index (χ0) is 44.3. The molecule has 62 heavy (non-hydrogen) atoms. The fraction of sp³-hybridized carbons (Fsp3) is 0.568. The van der Waals surface area contributed by atoms with E-state index < -0.39 is 17.8 Å².